The number of hydrogen-bond acceptors (Lipinski definition) is 4. The molecular weight excluding hydrogens is 320 g/mol. The monoisotopic (exact) mass is 336 g/mol. The molecule has 0 atom stereocenters. The molecule has 22 heavy (non-hydrogen) atoms. The summed E-state index contributed by atoms with van der Waals surface area (Å²) in [6.07, 6.45) is 8.05. The van der Waals surface area contributed by atoms with Crippen LogP contribution in [0.15, 0.2) is 30.9 Å². The molecular formula is C15H17ClN4OS. The van der Waals surface area contributed by atoms with Crippen LogP contribution in [-0.2, 0) is 4.79 Å². The van der Waals surface area contributed by atoms with Gasteiger partial charge >= 0.3 is 0 Å². The van der Waals surface area contributed by atoms with E-state index in [0.717, 1.165) is 5.69 Å². The van der Waals surface area contributed by atoms with Crippen molar-refractivity contribution in [2.45, 2.75) is 30.9 Å². The van der Waals surface area contributed by atoms with Gasteiger partial charge in [-0.25, -0.2) is 9.67 Å². The van der Waals surface area contributed by atoms with Gasteiger partial charge in [0.05, 0.1) is 17.1 Å². The molecule has 1 aromatic heterocycles. The molecule has 0 radical (unpaired) electrons. The Morgan fingerprint density at radius 2 is 2.23 bits per heavy atom. The van der Waals surface area contributed by atoms with Crippen molar-refractivity contribution in [3.8, 4) is 5.69 Å². The van der Waals surface area contributed by atoms with E-state index in [0.29, 0.717) is 21.7 Å². The van der Waals surface area contributed by atoms with E-state index >= 15 is 0 Å². The molecule has 0 bridgehead atoms. The number of carbonyl (C=O) groups excluding carboxylic acids is 1. The maximum Gasteiger partial charge on any atom is 0.234 e. The van der Waals surface area contributed by atoms with Crippen molar-refractivity contribution in [2.75, 3.05) is 11.1 Å². The number of nitrogens with zero attached hydrogens (tertiary/aromatic N) is 3. The maximum absolute atomic E-state index is 12.2. The molecule has 116 valence electrons. The molecule has 2 aromatic rings. The smallest absolute Gasteiger partial charge is 0.234 e. The molecule has 0 saturated heterocycles. The number of anilines is 1. The van der Waals surface area contributed by atoms with Gasteiger partial charge in [-0.15, -0.1) is 11.8 Å². The minimum atomic E-state index is -0.0134. The van der Waals surface area contributed by atoms with Crippen LogP contribution in [-0.4, -0.2) is 31.7 Å². The molecule has 0 unspecified atom stereocenters. The number of aromatic nitrogens is 3. The average Bonchev–Trinajstić information content (AvgIpc) is 3.19. The Bertz CT molecular complexity index is 641. The number of hydrogen-bond donors (Lipinski definition) is 1. The van der Waals surface area contributed by atoms with E-state index in [1.165, 1.54) is 32.0 Å². The van der Waals surface area contributed by atoms with Gasteiger partial charge in [-0.3, -0.25) is 4.79 Å². The largest absolute Gasteiger partial charge is 0.323 e. The lowest BCUT2D eigenvalue weighted by Crippen LogP contribution is -2.17. The van der Waals surface area contributed by atoms with Gasteiger partial charge < -0.3 is 5.32 Å². The van der Waals surface area contributed by atoms with Crippen LogP contribution in [0.1, 0.15) is 25.7 Å². The normalized spacial score (nSPS) is 15.1. The van der Waals surface area contributed by atoms with Crippen LogP contribution in [0.4, 0.5) is 5.69 Å². The average molecular weight is 337 g/mol. The summed E-state index contributed by atoms with van der Waals surface area (Å²) in [6.45, 7) is 0. The van der Waals surface area contributed by atoms with Gasteiger partial charge in [0.2, 0.25) is 5.91 Å². The summed E-state index contributed by atoms with van der Waals surface area (Å²) < 4.78 is 1.61. The second kappa shape index (κ2) is 7.15. The van der Waals surface area contributed by atoms with Crippen LogP contribution < -0.4 is 5.32 Å². The van der Waals surface area contributed by atoms with Crippen LogP contribution in [0, 0.1) is 0 Å². The van der Waals surface area contributed by atoms with E-state index in [-0.39, 0.29) is 5.91 Å². The fourth-order valence-corrected chi connectivity index (χ4v) is 3.87. The van der Waals surface area contributed by atoms with Crippen molar-refractivity contribution in [3.63, 3.8) is 0 Å². The van der Waals surface area contributed by atoms with Crippen LogP contribution in [0.3, 0.4) is 0 Å². The molecule has 3 rings (SSSR count). The highest BCUT2D eigenvalue weighted by atomic mass is 35.5. The summed E-state index contributed by atoms with van der Waals surface area (Å²) in [7, 11) is 0. The molecule has 0 aliphatic heterocycles. The van der Waals surface area contributed by atoms with E-state index in [2.05, 4.69) is 15.4 Å². The van der Waals surface area contributed by atoms with Crippen molar-refractivity contribution in [1.82, 2.24) is 14.8 Å². The van der Waals surface area contributed by atoms with E-state index in [9.17, 15) is 4.79 Å². The van der Waals surface area contributed by atoms with Crippen LogP contribution in [0.25, 0.3) is 5.69 Å². The number of halogens is 1. The first kappa shape index (κ1) is 15.4. The lowest BCUT2D eigenvalue weighted by molar-refractivity contribution is -0.113. The van der Waals surface area contributed by atoms with Crippen molar-refractivity contribution in [1.29, 1.82) is 0 Å². The van der Waals surface area contributed by atoms with Gasteiger partial charge in [0.1, 0.15) is 12.7 Å². The van der Waals surface area contributed by atoms with E-state index in [4.69, 9.17) is 11.6 Å². The molecule has 1 aliphatic rings. The zero-order valence-corrected chi connectivity index (χ0v) is 13.6. The third-order valence-electron chi connectivity index (χ3n) is 3.65. The maximum atomic E-state index is 12.2. The third-order valence-corrected chi connectivity index (χ3v) is 5.26. The number of nitrogens with one attached hydrogen (secondary N) is 1. The summed E-state index contributed by atoms with van der Waals surface area (Å²) in [5.74, 6) is 0.453. The highest BCUT2D eigenvalue weighted by molar-refractivity contribution is 8.00. The Hall–Kier alpha value is -1.53. The summed E-state index contributed by atoms with van der Waals surface area (Å²) in [5.41, 5.74) is 1.40. The second-order valence-electron chi connectivity index (χ2n) is 5.27. The van der Waals surface area contributed by atoms with Crippen molar-refractivity contribution in [3.05, 3.63) is 35.9 Å². The predicted molar refractivity (Wildman–Crippen MR) is 89.7 cm³/mol. The molecule has 1 aromatic carbocycles. The fourth-order valence-electron chi connectivity index (χ4n) is 2.58. The Morgan fingerprint density at radius 1 is 1.41 bits per heavy atom. The number of rotatable bonds is 5. The number of benzene rings is 1. The molecule has 1 heterocycles. The fraction of sp³-hybridized carbons (Fsp3) is 0.400. The van der Waals surface area contributed by atoms with Gasteiger partial charge in [-0.05, 0) is 31.0 Å². The summed E-state index contributed by atoms with van der Waals surface area (Å²) in [6, 6.07) is 5.31. The van der Waals surface area contributed by atoms with Crippen LogP contribution in [0.5, 0.6) is 0 Å². The molecule has 0 spiro atoms. The molecule has 1 fully saturated rings. The van der Waals surface area contributed by atoms with Crippen LogP contribution >= 0.6 is 23.4 Å². The zero-order valence-electron chi connectivity index (χ0n) is 12.0. The predicted octanol–water partition coefficient (Wildman–Crippen LogP) is 3.54. The first-order chi connectivity index (χ1) is 10.7. The van der Waals surface area contributed by atoms with Gasteiger partial charge in [-0.1, -0.05) is 24.4 Å². The Morgan fingerprint density at radius 3 is 2.95 bits per heavy atom. The Balaban J connectivity index is 1.68. The van der Waals surface area contributed by atoms with Gasteiger partial charge in [0.15, 0.2) is 0 Å². The highest BCUT2D eigenvalue weighted by Gasteiger charge is 2.17. The summed E-state index contributed by atoms with van der Waals surface area (Å²) >= 11 is 7.78. The first-order valence-electron chi connectivity index (χ1n) is 7.28. The van der Waals surface area contributed by atoms with E-state index in [1.807, 2.05) is 6.07 Å². The SMILES string of the molecule is O=C(CSC1CCCC1)Nc1cc(Cl)ccc1-n1cncn1. The van der Waals surface area contributed by atoms with Crippen molar-refractivity contribution >= 4 is 35.0 Å². The highest BCUT2D eigenvalue weighted by Crippen LogP contribution is 2.30. The van der Waals surface area contributed by atoms with Crippen molar-refractivity contribution < 1.29 is 4.79 Å². The van der Waals surface area contributed by atoms with E-state index in [1.54, 1.807) is 34.9 Å². The number of amides is 1. The molecule has 5 nitrogen and oxygen atoms in total. The van der Waals surface area contributed by atoms with Gasteiger partial charge in [-0.2, -0.15) is 5.10 Å². The van der Waals surface area contributed by atoms with Crippen LogP contribution in [0.2, 0.25) is 5.02 Å². The van der Waals surface area contributed by atoms with E-state index < -0.39 is 0 Å². The number of thioether (sulfide) groups is 1. The Labute approximate surface area is 138 Å². The lowest BCUT2D eigenvalue weighted by atomic mass is 10.2. The molecule has 1 aliphatic carbocycles. The van der Waals surface area contributed by atoms with Gasteiger partial charge in [0.25, 0.3) is 0 Å². The standard InChI is InChI=1S/C15H17ClN4OS/c16-11-5-6-14(20-10-17-9-18-20)13(7-11)19-15(21)8-22-12-3-1-2-4-12/h5-7,9-10,12H,1-4,8H2,(H,19,21). The summed E-state index contributed by atoms with van der Waals surface area (Å²) in [4.78, 5) is 16.1. The second-order valence-corrected chi connectivity index (χ2v) is 6.99. The quantitative estimate of drug-likeness (QED) is 0.907. The zero-order chi connectivity index (χ0) is 15.4. The third kappa shape index (κ3) is 3.81. The molecule has 1 saturated carbocycles. The molecule has 7 heteroatoms. The molecule has 1 N–H and O–H groups in total. The number of carbonyl (C=O) groups is 1. The Kier molecular flexibility index (Phi) is 5.00. The van der Waals surface area contributed by atoms with Gasteiger partial charge in [0, 0.05) is 10.3 Å². The molecule has 1 amide bonds. The minimum Gasteiger partial charge on any atom is -0.323 e. The lowest BCUT2D eigenvalue weighted by Gasteiger charge is -2.12. The first-order valence-corrected chi connectivity index (χ1v) is 8.71. The summed E-state index contributed by atoms with van der Waals surface area (Å²) in [5, 5.41) is 8.23. The minimum absolute atomic E-state index is 0.0134. The van der Waals surface area contributed by atoms with Crippen molar-refractivity contribution in [2.24, 2.45) is 0 Å². The topological polar surface area (TPSA) is 59.8 Å².